The normalized spacial score (nSPS) is 11.2. The predicted octanol–water partition coefficient (Wildman–Crippen LogP) is 3.76. The van der Waals surface area contributed by atoms with Gasteiger partial charge in [-0.2, -0.15) is 0 Å². The lowest BCUT2D eigenvalue weighted by Gasteiger charge is -1.91. The van der Waals surface area contributed by atoms with Crippen LogP contribution in [0.3, 0.4) is 0 Å². The maximum Gasteiger partial charge on any atom is 0.0388 e. The zero-order chi connectivity index (χ0) is 9.54. The molecule has 0 spiro atoms. The number of fused-ring (bicyclic) bond motifs is 3. The first kappa shape index (κ1) is 7.94. The summed E-state index contributed by atoms with van der Waals surface area (Å²) in [5, 5.41) is 2.59. The van der Waals surface area contributed by atoms with Crippen LogP contribution in [0.4, 0.5) is 0 Å². The Balaban J connectivity index is 2.57. The van der Waals surface area contributed by atoms with Gasteiger partial charge >= 0.3 is 0 Å². The Morgan fingerprint density at radius 1 is 1.07 bits per heavy atom. The molecule has 2 heterocycles. The van der Waals surface area contributed by atoms with Gasteiger partial charge in [0, 0.05) is 32.1 Å². The third-order valence-corrected chi connectivity index (χ3v) is 3.53. The van der Waals surface area contributed by atoms with E-state index in [1.807, 2.05) is 24.5 Å². The van der Waals surface area contributed by atoms with Crippen LogP contribution in [0.25, 0.3) is 20.2 Å². The molecular weight excluding hydrogens is 190 g/mol. The zero-order valence-electron chi connectivity index (χ0n) is 7.82. The van der Waals surface area contributed by atoms with E-state index in [0.29, 0.717) is 0 Å². The van der Waals surface area contributed by atoms with Gasteiger partial charge in [0.05, 0.1) is 0 Å². The molecule has 0 atom stereocenters. The Labute approximate surface area is 86.0 Å². The van der Waals surface area contributed by atoms with E-state index in [4.69, 9.17) is 0 Å². The number of hydrogen-bond donors (Lipinski definition) is 0. The number of aromatic nitrogens is 1. The summed E-state index contributed by atoms with van der Waals surface area (Å²) in [5.74, 6) is 0. The Morgan fingerprint density at radius 2 is 1.93 bits per heavy atom. The Hall–Kier alpha value is -1.41. The first-order valence-electron chi connectivity index (χ1n) is 4.58. The summed E-state index contributed by atoms with van der Waals surface area (Å²) in [4.78, 5) is 4.34. The molecule has 0 unspecified atom stereocenters. The minimum absolute atomic E-state index is 1.09. The fourth-order valence-corrected chi connectivity index (χ4v) is 2.89. The highest BCUT2D eigenvalue weighted by Gasteiger charge is 2.03. The molecule has 3 rings (SSSR count). The van der Waals surface area contributed by atoms with E-state index >= 15 is 0 Å². The van der Waals surface area contributed by atoms with Gasteiger partial charge in [-0.3, -0.25) is 4.98 Å². The molecule has 1 nitrogen and oxygen atoms in total. The Kier molecular flexibility index (Phi) is 1.58. The molecule has 0 aliphatic carbocycles. The van der Waals surface area contributed by atoms with Gasteiger partial charge in [-0.1, -0.05) is 18.2 Å². The third kappa shape index (κ3) is 1.04. The van der Waals surface area contributed by atoms with Gasteiger partial charge in [0.1, 0.15) is 0 Å². The number of nitrogens with zero attached hydrogens (tertiary/aromatic N) is 1. The van der Waals surface area contributed by atoms with Crippen LogP contribution in [-0.2, 0) is 0 Å². The first-order chi connectivity index (χ1) is 6.84. The predicted molar refractivity (Wildman–Crippen MR) is 61.9 cm³/mol. The molecule has 0 fully saturated rings. The topological polar surface area (TPSA) is 12.9 Å². The lowest BCUT2D eigenvalue weighted by molar-refractivity contribution is 1.23. The molecule has 0 bridgehead atoms. The summed E-state index contributed by atoms with van der Waals surface area (Å²) >= 11 is 1.84. The van der Waals surface area contributed by atoms with Crippen molar-refractivity contribution in [2.75, 3.05) is 0 Å². The molecule has 0 amide bonds. The van der Waals surface area contributed by atoms with E-state index in [1.165, 1.54) is 20.2 Å². The molecule has 1 aromatic carbocycles. The minimum Gasteiger partial charge on any atom is -0.261 e. The third-order valence-electron chi connectivity index (χ3n) is 2.40. The largest absolute Gasteiger partial charge is 0.261 e. The highest BCUT2D eigenvalue weighted by atomic mass is 32.1. The average Bonchev–Trinajstić information content (AvgIpc) is 2.54. The molecule has 14 heavy (non-hydrogen) atoms. The Morgan fingerprint density at radius 3 is 2.86 bits per heavy atom. The minimum atomic E-state index is 1.09. The van der Waals surface area contributed by atoms with Crippen LogP contribution in [0.5, 0.6) is 0 Å². The summed E-state index contributed by atoms with van der Waals surface area (Å²) < 4.78 is 2.67. The Bertz CT molecular complexity index is 610. The van der Waals surface area contributed by atoms with E-state index in [9.17, 15) is 0 Å². The van der Waals surface area contributed by atoms with Crippen molar-refractivity contribution < 1.29 is 0 Å². The standard InChI is InChI=1S/C12H9NS/c1-8-6-12-10(7-13-8)9-4-2-3-5-11(9)14-12/h2-7H,1H3. The summed E-state index contributed by atoms with van der Waals surface area (Å²) in [5.41, 5.74) is 1.09. The van der Waals surface area contributed by atoms with Crippen LogP contribution in [0.15, 0.2) is 36.5 Å². The molecule has 0 aliphatic rings. The summed E-state index contributed by atoms with van der Waals surface area (Å²) in [6.07, 6.45) is 1.98. The number of aryl methyl sites for hydroxylation is 1. The van der Waals surface area contributed by atoms with Crippen LogP contribution >= 0.6 is 11.3 Å². The molecule has 0 saturated carbocycles. The van der Waals surface area contributed by atoms with Crippen LogP contribution in [0, 0.1) is 6.92 Å². The fraction of sp³-hybridized carbons (Fsp3) is 0.0833. The molecule has 68 valence electrons. The quantitative estimate of drug-likeness (QED) is 0.537. The maximum absolute atomic E-state index is 4.34. The van der Waals surface area contributed by atoms with Gasteiger partial charge in [0.15, 0.2) is 0 Å². The lowest BCUT2D eigenvalue weighted by atomic mass is 10.2. The van der Waals surface area contributed by atoms with Gasteiger partial charge in [-0.15, -0.1) is 11.3 Å². The van der Waals surface area contributed by atoms with E-state index in [-0.39, 0.29) is 0 Å². The van der Waals surface area contributed by atoms with Crippen molar-refractivity contribution in [3.63, 3.8) is 0 Å². The van der Waals surface area contributed by atoms with Crippen molar-refractivity contribution in [3.05, 3.63) is 42.2 Å². The van der Waals surface area contributed by atoms with Crippen molar-refractivity contribution >= 4 is 31.5 Å². The summed E-state index contributed by atoms with van der Waals surface area (Å²) in [7, 11) is 0. The molecule has 0 N–H and O–H groups in total. The average molecular weight is 199 g/mol. The molecule has 0 saturated heterocycles. The molecule has 0 aliphatic heterocycles. The molecule has 3 aromatic rings. The second-order valence-corrected chi connectivity index (χ2v) is 4.50. The maximum atomic E-state index is 4.34. The summed E-state index contributed by atoms with van der Waals surface area (Å²) in [6.45, 7) is 2.03. The van der Waals surface area contributed by atoms with Crippen LogP contribution in [-0.4, -0.2) is 4.98 Å². The second-order valence-electron chi connectivity index (χ2n) is 3.42. The summed E-state index contributed by atoms with van der Waals surface area (Å²) in [6, 6.07) is 10.6. The van der Waals surface area contributed by atoms with Crippen molar-refractivity contribution in [1.29, 1.82) is 0 Å². The van der Waals surface area contributed by atoms with Gasteiger partial charge < -0.3 is 0 Å². The van der Waals surface area contributed by atoms with Gasteiger partial charge in [-0.05, 0) is 19.1 Å². The number of rotatable bonds is 0. The number of hydrogen-bond acceptors (Lipinski definition) is 2. The molecule has 2 heteroatoms. The second kappa shape index (κ2) is 2.79. The lowest BCUT2D eigenvalue weighted by Crippen LogP contribution is -1.76. The van der Waals surface area contributed by atoms with Crippen molar-refractivity contribution in [1.82, 2.24) is 4.98 Å². The van der Waals surface area contributed by atoms with E-state index in [0.717, 1.165) is 5.69 Å². The fourth-order valence-electron chi connectivity index (χ4n) is 1.72. The van der Waals surface area contributed by atoms with Crippen molar-refractivity contribution in [3.8, 4) is 0 Å². The molecule has 2 aromatic heterocycles. The van der Waals surface area contributed by atoms with Crippen LogP contribution in [0.1, 0.15) is 5.69 Å². The van der Waals surface area contributed by atoms with Gasteiger partial charge in [0.25, 0.3) is 0 Å². The highest BCUT2D eigenvalue weighted by Crippen LogP contribution is 2.32. The SMILES string of the molecule is Cc1cc2sc3ccccc3c2cn1. The number of thiophene rings is 1. The van der Waals surface area contributed by atoms with Gasteiger partial charge in [0.2, 0.25) is 0 Å². The first-order valence-corrected chi connectivity index (χ1v) is 5.40. The smallest absolute Gasteiger partial charge is 0.0388 e. The van der Waals surface area contributed by atoms with Gasteiger partial charge in [-0.25, -0.2) is 0 Å². The van der Waals surface area contributed by atoms with E-state index < -0.39 is 0 Å². The monoisotopic (exact) mass is 199 g/mol. The molecular formula is C12H9NS. The highest BCUT2D eigenvalue weighted by molar-refractivity contribution is 7.25. The van der Waals surface area contributed by atoms with Crippen LogP contribution in [0.2, 0.25) is 0 Å². The number of benzene rings is 1. The van der Waals surface area contributed by atoms with Crippen molar-refractivity contribution in [2.45, 2.75) is 6.92 Å². The van der Waals surface area contributed by atoms with E-state index in [2.05, 4.69) is 35.3 Å². The zero-order valence-corrected chi connectivity index (χ0v) is 8.64. The van der Waals surface area contributed by atoms with Crippen LogP contribution < -0.4 is 0 Å². The van der Waals surface area contributed by atoms with Crippen molar-refractivity contribution in [2.24, 2.45) is 0 Å². The molecule has 0 radical (unpaired) electrons. The number of pyridine rings is 1. The van der Waals surface area contributed by atoms with E-state index in [1.54, 1.807) is 0 Å².